The first kappa shape index (κ1) is 13.3. The van der Waals surface area contributed by atoms with Gasteiger partial charge in [0.1, 0.15) is 5.82 Å². The molecular weight excluding hydrogens is 340 g/mol. The van der Waals surface area contributed by atoms with E-state index in [0.29, 0.717) is 0 Å². The molecule has 1 nitrogen and oxygen atoms in total. The van der Waals surface area contributed by atoms with Crippen molar-refractivity contribution in [2.75, 3.05) is 5.32 Å². The molecule has 2 rings (SSSR count). The van der Waals surface area contributed by atoms with Crippen molar-refractivity contribution in [3.8, 4) is 0 Å². The van der Waals surface area contributed by atoms with E-state index in [1.807, 2.05) is 0 Å². The van der Waals surface area contributed by atoms with Crippen LogP contribution in [0.1, 0.15) is 16.7 Å². The van der Waals surface area contributed by atoms with Gasteiger partial charge in [-0.1, -0.05) is 23.8 Å². The van der Waals surface area contributed by atoms with Crippen LogP contribution in [0.4, 0.5) is 10.1 Å². The molecule has 1 N–H and O–H groups in total. The molecule has 0 spiro atoms. The molecule has 0 fully saturated rings. The molecule has 3 heteroatoms. The average molecular weight is 355 g/mol. The average Bonchev–Trinajstić information content (AvgIpc) is 2.30. The van der Waals surface area contributed by atoms with E-state index in [9.17, 15) is 4.39 Å². The largest absolute Gasteiger partial charge is 0.380 e. The molecule has 2 aromatic rings. The van der Waals surface area contributed by atoms with E-state index in [1.165, 1.54) is 28.8 Å². The van der Waals surface area contributed by atoms with Crippen LogP contribution in [0.5, 0.6) is 0 Å². The summed E-state index contributed by atoms with van der Waals surface area (Å²) in [4.78, 5) is 0. The predicted molar refractivity (Wildman–Crippen MR) is 82.4 cm³/mol. The molecule has 0 aliphatic rings. The Bertz CT molecular complexity index is 515. The predicted octanol–water partition coefficient (Wildman–Crippen LogP) is 4.66. The van der Waals surface area contributed by atoms with Crippen molar-refractivity contribution in [2.24, 2.45) is 0 Å². The molecule has 0 unspecified atom stereocenters. The number of rotatable bonds is 3. The number of hydrogen-bond acceptors (Lipinski definition) is 1. The molecule has 0 atom stereocenters. The topological polar surface area (TPSA) is 12.0 Å². The van der Waals surface area contributed by atoms with Gasteiger partial charge in [0.25, 0.3) is 0 Å². The molecule has 0 amide bonds. The first-order chi connectivity index (χ1) is 8.56. The first-order valence-corrected chi connectivity index (χ1v) is 6.89. The SMILES string of the molecule is Cc1ccc(CNc2ccc(F)cc2I)c(C)c1. The first-order valence-electron chi connectivity index (χ1n) is 5.81. The Balaban J connectivity index is 2.11. The lowest BCUT2D eigenvalue weighted by Crippen LogP contribution is -2.03. The standard InChI is InChI=1S/C15H15FIN/c1-10-3-4-12(11(2)7-10)9-18-15-6-5-13(16)8-14(15)17/h3-8,18H,9H2,1-2H3. The zero-order valence-electron chi connectivity index (χ0n) is 10.4. The van der Waals surface area contributed by atoms with E-state index < -0.39 is 0 Å². The van der Waals surface area contributed by atoms with Gasteiger partial charge in [-0.25, -0.2) is 4.39 Å². The number of hydrogen-bond donors (Lipinski definition) is 1. The summed E-state index contributed by atoms with van der Waals surface area (Å²) in [7, 11) is 0. The minimum absolute atomic E-state index is 0.198. The van der Waals surface area contributed by atoms with Gasteiger partial charge >= 0.3 is 0 Å². The van der Waals surface area contributed by atoms with Gasteiger partial charge in [0, 0.05) is 15.8 Å². The van der Waals surface area contributed by atoms with Crippen molar-refractivity contribution in [3.05, 3.63) is 62.5 Å². The summed E-state index contributed by atoms with van der Waals surface area (Å²) >= 11 is 2.14. The monoisotopic (exact) mass is 355 g/mol. The summed E-state index contributed by atoms with van der Waals surface area (Å²) in [5.74, 6) is -0.198. The molecule has 0 aromatic heterocycles. The zero-order chi connectivity index (χ0) is 13.1. The van der Waals surface area contributed by atoms with Crippen molar-refractivity contribution in [1.82, 2.24) is 0 Å². The van der Waals surface area contributed by atoms with Gasteiger partial charge in [-0.05, 0) is 65.8 Å². The number of nitrogens with one attached hydrogen (secondary N) is 1. The molecule has 18 heavy (non-hydrogen) atoms. The number of anilines is 1. The molecule has 0 saturated carbocycles. The Morgan fingerprint density at radius 1 is 1.11 bits per heavy atom. The molecule has 0 aliphatic carbocycles. The Morgan fingerprint density at radius 2 is 1.89 bits per heavy atom. The van der Waals surface area contributed by atoms with Gasteiger partial charge in [0.15, 0.2) is 0 Å². The molecule has 0 bridgehead atoms. The maximum atomic E-state index is 13.0. The molecule has 94 valence electrons. The lowest BCUT2D eigenvalue weighted by Gasteiger charge is -2.11. The second kappa shape index (κ2) is 5.69. The van der Waals surface area contributed by atoms with E-state index >= 15 is 0 Å². The van der Waals surface area contributed by atoms with Crippen molar-refractivity contribution >= 4 is 28.3 Å². The third-order valence-corrected chi connectivity index (χ3v) is 3.79. The van der Waals surface area contributed by atoms with Gasteiger partial charge in [0.2, 0.25) is 0 Å². The fraction of sp³-hybridized carbons (Fsp3) is 0.200. The van der Waals surface area contributed by atoms with Crippen LogP contribution in [0, 0.1) is 23.2 Å². The Hall–Kier alpha value is -1.10. The third-order valence-electron chi connectivity index (χ3n) is 2.90. The summed E-state index contributed by atoms with van der Waals surface area (Å²) < 4.78 is 13.9. The van der Waals surface area contributed by atoms with Gasteiger partial charge in [-0.2, -0.15) is 0 Å². The second-order valence-corrected chi connectivity index (χ2v) is 5.57. The lowest BCUT2D eigenvalue weighted by atomic mass is 10.1. The molecule has 0 aliphatic heterocycles. The quantitative estimate of drug-likeness (QED) is 0.790. The molecule has 2 aromatic carbocycles. The van der Waals surface area contributed by atoms with E-state index in [2.05, 4.69) is 60.0 Å². The van der Waals surface area contributed by atoms with E-state index in [-0.39, 0.29) is 5.82 Å². The van der Waals surface area contributed by atoms with Crippen molar-refractivity contribution in [3.63, 3.8) is 0 Å². The summed E-state index contributed by atoms with van der Waals surface area (Å²) in [6.07, 6.45) is 0. The Labute approximate surface area is 121 Å². The minimum Gasteiger partial charge on any atom is -0.380 e. The zero-order valence-corrected chi connectivity index (χ0v) is 12.6. The maximum Gasteiger partial charge on any atom is 0.124 e. The third kappa shape index (κ3) is 3.22. The van der Waals surface area contributed by atoms with Crippen molar-refractivity contribution < 1.29 is 4.39 Å². The van der Waals surface area contributed by atoms with Gasteiger partial charge in [0.05, 0.1) is 0 Å². The Kier molecular flexibility index (Phi) is 4.22. The Morgan fingerprint density at radius 3 is 2.56 bits per heavy atom. The van der Waals surface area contributed by atoms with Crippen LogP contribution in [-0.4, -0.2) is 0 Å². The fourth-order valence-electron chi connectivity index (χ4n) is 1.87. The summed E-state index contributed by atoms with van der Waals surface area (Å²) in [5, 5.41) is 3.34. The summed E-state index contributed by atoms with van der Waals surface area (Å²) in [6.45, 7) is 4.96. The van der Waals surface area contributed by atoms with Gasteiger partial charge < -0.3 is 5.32 Å². The van der Waals surface area contributed by atoms with Crippen LogP contribution in [0.15, 0.2) is 36.4 Å². The van der Waals surface area contributed by atoms with Gasteiger partial charge in [-0.3, -0.25) is 0 Å². The van der Waals surface area contributed by atoms with Crippen molar-refractivity contribution in [1.29, 1.82) is 0 Å². The van der Waals surface area contributed by atoms with Crippen LogP contribution in [0.2, 0.25) is 0 Å². The molecular formula is C15H15FIN. The second-order valence-electron chi connectivity index (χ2n) is 4.41. The van der Waals surface area contributed by atoms with E-state index in [0.717, 1.165) is 15.8 Å². The number of aryl methyl sites for hydroxylation is 2. The van der Waals surface area contributed by atoms with Crippen LogP contribution < -0.4 is 5.32 Å². The van der Waals surface area contributed by atoms with Crippen LogP contribution in [0.25, 0.3) is 0 Å². The fourth-order valence-corrected chi connectivity index (χ4v) is 2.54. The summed E-state index contributed by atoms with van der Waals surface area (Å²) in [5.41, 5.74) is 4.78. The lowest BCUT2D eigenvalue weighted by molar-refractivity contribution is 0.627. The highest BCUT2D eigenvalue weighted by molar-refractivity contribution is 14.1. The number of benzene rings is 2. The maximum absolute atomic E-state index is 13.0. The molecule has 0 radical (unpaired) electrons. The van der Waals surface area contributed by atoms with E-state index in [1.54, 1.807) is 6.07 Å². The highest BCUT2D eigenvalue weighted by atomic mass is 127. The number of halogens is 2. The smallest absolute Gasteiger partial charge is 0.124 e. The van der Waals surface area contributed by atoms with Crippen molar-refractivity contribution in [2.45, 2.75) is 20.4 Å². The van der Waals surface area contributed by atoms with Crippen LogP contribution in [0.3, 0.4) is 0 Å². The summed E-state index contributed by atoms with van der Waals surface area (Å²) in [6, 6.07) is 11.2. The highest BCUT2D eigenvalue weighted by Gasteiger charge is 2.02. The minimum atomic E-state index is -0.198. The normalized spacial score (nSPS) is 10.4. The molecule has 0 heterocycles. The molecule has 0 saturated heterocycles. The van der Waals surface area contributed by atoms with Gasteiger partial charge in [-0.15, -0.1) is 0 Å². The van der Waals surface area contributed by atoms with Crippen LogP contribution >= 0.6 is 22.6 Å². The van der Waals surface area contributed by atoms with E-state index in [4.69, 9.17) is 0 Å². The highest BCUT2D eigenvalue weighted by Crippen LogP contribution is 2.20. The van der Waals surface area contributed by atoms with Crippen LogP contribution in [-0.2, 0) is 6.54 Å².